The monoisotopic (exact) mass is 276 g/mol. The summed E-state index contributed by atoms with van der Waals surface area (Å²) < 4.78 is 5.64. The van der Waals surface area contributed by atoms with Crippen molar-refractivity contribution in [3.05, 3.63) is 41.0 Å². The molecule has 0 aliphatic rings. The lowest BCUT2D eigenvalue weighted by atomic mass is 10.2. The van der Waals surface area contributed by atoms with Crippen molar-refractivity contribution in [3.63, 3.8) is 0 Å². The van der Waals surface area contributed by atoms with E-state index in [1.54, 1.807) is 18.3 Å². The predicted molar refractivity (Wildman–Crippen MR) is 77.0 cm³/mol. The van der Waals surface area contributed by atoms with Gasteiger partial charge in [-0.05, 0) is 32.9 Å². The summed E-state index contributed by atoms with van der Waals surface area (Å²) >= 11 is 1.45. The van der Waals surface area contributed by atoms with Crippen molar-refractivity contribution >= 4 is 22.2 Å². The third-order valence-electron chi connectivity index (χ3n) is 2.35. The van der Waals surface area contributed by atoms with Crippen LogP contribution in [0.3, 0.4) is 0 Å². The Morgan fingerprint density at radius 2 is 2.11 bits per heavy atom. The summed E-state index contributed by atoms with van der Waals surface area (Å²) in [4.78, 5) is 16.3. The zero-order chi connectivity index (χ0) is 13.8. The van der Waals surface area contributed by atoms with Gasteiger partial charge in [-0.15, -0.1) is 11.3 Å². The van der Waals surface area contributed by atoms with Crippen LogP contribution in [0.4, 0.5) is 5.00 Å². The lowest BCUT2D eigenvalue weighted by Gasteiger charge is -2.13. The normalized spacial score (nSPS) is 10.5. The van der Waals surface area contributed by atoms with E-state index in [0.717, 1.165) is 10.0 Å². The first-order valence-electron chi connectivity index (χ1n) is 6.05. The molecule has 19 heavy (non-hydrogen) atoms. The molecule has 1 amide bonds. The predicted octanol–water partition coefficient (Wildman–Crippen LogP) is 3.49. The third kappa shape index (κ3) is 3.54. The molecule has 1 aromatic carbocycles. The molecule has 2 aromatic rings. The Morgan fingerprint density at radius 1 is 1.37 bits per heavy atom. The number of nitrogens with one attached hydrogen (secondary N) is 1. The minimum atomic E-state index is -0.181. The van der Waals surface area contributed by atoms with Crippen LogP contribution in [-0.2, 0) is 0 Å². The summed E-state index contributed by atoms with van der Waals surface area (Å²) in [5.41, 5.74) is 0.530. The van der Waals surface area contributed by atoms with E-state index in [0.29, 0.717) is 11.3 Å². The molecule has 0 saturated heterocycles. The quantitative estimate of drug-likeness (QED) is 0.930. The van der Waals surface area contributed by atoms with E-state index in [9.17, 15) is 4.79 Å². The molecule has 1 aromatic heterocycles. The maximum Gasteiger partial charge on any atom is 0.260 e. The van der Waals surface area contributed by atoms with Crippen LogP contribution in [0.25, 0.3) is 0 Å². The summed E-state index contributed by atoms with van der Waals surface area (Å²) in [6.07, 6.45) is 1.68. The van der Waals surface area contributed by atoms with Crippen LogP contribution < -0.4 is 10.1 Å². The number of para-hydroxylation sites is 1. The zero-order valence-electron chi connectivity index (χ0n) is 11.1. The van der Waals surface area contributed by atoms with Gasteiger partial charge < -0.3 is 10.1 Å². The number of amides is 1. The number of benzene rings is 1. The Bertz CT molecular complexity index is 578. The molecule has 5 heteroatoms. The van der Waals surface area contributed by atoms with E-state index in [-0.39, 0.29) is 12.0 Å². The molecule has 1 N–H and O–H groups in total. The van der Waals surface area contributed by atoms with E-state index in [1.165, 1.54) is 11.3 Å². The van der Waals surface area contributed by atoms with E-state index in [2.05, 4.69) is 10.3 Å². The molecule has 0 saturated carbocycles. The molecule has 0 bridgehead atoms. The van der Waals surface area contributed by atoms with Crippen LogP contribution in [-0.4, -0.2) is 17.0 Å². The molecular formula is C14H16N2O2S. The van der Waals surface area contributed by atoms with Crippen LogP contribution in [0.5, 0.6) is 5.75 Å². The van der Waals surface area contributed by atoms with Crippen molar-refractivity contribution in [1.29, 1.82) is 0 Å². The second-order valence-corrected chi connectivity index (χ2v) is 5.60. The van der Waals surface area contributed by atoms with Gasteiger partial charge in [0.1, 0.15) is 10.8 Å². The highest BCUT2D eigenvalue weighted by Crippen LogP contribution is 2.23. The van der Waals surface area contributed by atoms with Crippen LogP contribution in [0.15, 0.2) is 30.5 Å². The summed E-state index contributed by atoms with van der Waals surface area (Å²) in [5.74, 6) is 0.413. The molecule has 0 radical (unpaired) electrons. The second-order valence-electron chi connectivity index (χ2n) is 4.36. The average Bonchev–Trinajstić information content (AvgIpc) is 2.74. The van der Waals surface area contributed by atoms with Crippen LogP contribution in [0, 0.1) is 6.92 Å². The molecule has 0 fully saturated rings. The van der Waals surface area contributed by atoms with Gasteiger partial charge in [-0.3, -0.25) is 4.79 Å². The standard InChI is InChI=1S/C14H16N2O2S/c1-9(2)18-12-7-5-4-6-11(12)14(17)16-13-8-15-10(3)19-13/h4-9H,1-3H3,(H,16,17). The number of hydrogen-bond acceptors (Lipinski definition) is 4. The van der Waals surface area contributed by atoms with E-state index >= 15 is 0 Å². The molecule has 0 aliphatic heterocycles. The van der Waals surface area contributed by atoms with Gasteiger partial charge in [0.2, 0.25) is 0 Å². The fourth-order valence-corrected chi connectivity index (χ4v) is 2.28. The topological polar surface area (TPSA) is 51.2 Å². The minimum absolute atomic E-state index is 0.0274. The van der Waals surface area contributed by atoms with Crippen molar-refractivity contribution in [1.82, 2.24) is 4.98 Å². The van der Waals surface area contributed by atoms with Gasteiger partial charge in [0.15, 0.2) is 0 Å². The van der Waals surface area contributed by atoms with Crippen molar-refractivity contribution < 1.29 is 9.53 Å². The number of hydrogen-bond donors (Lipinski definition) is 1. The van der Waals surface area contributed by atoms with Gasteiger partial charge in [-0.25, -0.2) is 4.98 Å². The molecule has 100 valence electrons. The Morgan fingerprint density at radius 3 is 2.74 bits per heavy atom. The van der Waals surface area contributed by atoms with E-state index in [4.69, 9.17) is 4.74 Å². The maximum absolute atomic E-state index is 12.2. The number of rotatable bonds is 4. The van der Waals surface area contributed by atoms with Crippen molar-refractivity contribution in [2.75, 3.05) is 5.32 Å². The van der Waals surface area contributed by atoms with Gasteiger partial charge in [0.25, 0.3) is 5.91 Å². The Kier molecular flexibility index (Phi) is 4.16. The molecular weight excluding hydrogens is 260 g/mol. The van der Waals surface area contributed by atoms with Gasteiger partial charge >= 0.3 is 0 Å². The first-order valence-corrected chi connectivity index (χ1v) is 6.87. The summed E-state index contributed by atoms with van der Waals surface area (Å²) in [6.45, 7) is 5.76. The summed E-state index contributed by atoms with van der Waals surface area (Å²) in [6, 6.07) is 7.22. The average molecular weight is 276 g/mol. The molecule has 2 rings (SSSR count). The van der Waals surface area contributed by atoms with Crippen molar-refractivity contribution in [3.8, 4) is 5.75 Å². The first-order chi connectivity index (χ1) is 9.06. The number of nitrogens with zero attached hydrogens (tertiary/aromatic N) is 1. The van der Waals surface area contributed by atoms with E-state index < -0.39 is 0 Å². The maximum atomic E-state index is 12.2. The molecule has 0 unspecified atom stereocenters. The van der Waals surface area contributed by atoms with Crippen LogP contribution in [0.1, 0.15) is 29.2 Å². The lowest BCUT2D eigenvalue weighted by Crippen LogP contribution is -2.15. The number of anilines is 1. The Balaban J connectivity index is 2.18. The van der Waals surface area contributed by atoms with Crippen LogP contribution in [0.2, 0.25) is 0 Å². The number of aromatic nitrogens is 1. The zero-order valence-corrected chi connectivity index (χ0v) is 12.0. The number of carbonyl (C=O) groups is 1. The molecule has 0 spiro atoms. The fourth-order valence-electron chi connectivity index (χ4n) is 1.61. The Hall–Kier alpha value is -1.88. The smallest absolute Gasteiger partial charge is 0.260 e. The van der Waals surface area contributed by atoms with Crippen LogP contribution >= 0.6 is 11.3 Å². The number of aryl methyl sites for hydroxylation is 1. The number of thiazole rings is 1. The lowest BCUT2D eigenvalue weighted by molar-refractivity contribution is 0.102. The highest BCUT2D eigenvalue weighted by Gasteiger charge is 2.14. The fraction of sp³-hybridized carbons (Fsp3) is 0.286. The first kappa shape index (κ1) is 13.5. The number of carbonyl (C=O) groups excluding carboxylic acids is 1. The highest BCUT2D eigenvalue weighted by atomic mass is 32.1. The molecule has 0 atom stereocenters. The summed E-state index contributed by atoms with van der Waals surface area (Å²) in [5, 5.41) is 4.49. The van der Waals surface area contributed by atoms with E-state index in [1.807, 2.05) is 32.9 Å². The molecule has 0 aliphatic carbocycles. The Labute approximate surface area is 116 Å². The molecule has 4 nitrogen and oxygen atoms in total. The molecule has 1 heterocycles. The highest BCUT2D eigenvalue weighted by molar-refractivity contribution is 7.15. The van der Waals surface area contributed by atoms with Crippen molar-refractivity contribution in [2.45, 2.75) is 26.9 Å². The van der Waals surface area contributed by atoms with Gasteiger partial charge in [0.05, 0.1) is 22.9 Å². The minimum Gasteiger partial charge on any atom is -0.490 e. The van der Waals surface area contributed by atoms with Gasteiger partial charge in [0, 0.05) is 0 Å². The third-order valence-corrected chi connectivity index (χ3v) is 3.18. The van der Waals surface area contributed by atoms with Gasteiger partial charge in [-0.2, -0.15) is 0 Å². The largest absolute Gasteiger partial charge is 0.490 e. The summed E-state index contributed by atoms with van der Waals surface area (Å²) in [7, 11) is 0. The number of ether oxygens (including phenoxy) is 1. The SMILES string of the molecule is Cc1ncc(NC(=O)c2ccccc2OC(C)C)s1. The van der Waals surface area contributed by atoms with Crippen molar-refractivity contribution in [2.24, 2.45) is 0 Å². The second kappa shape index (κ2) is 5.84. The van der Waals surface area contributed by atoms with Gasteiger partial charge in [-0.1, -0.05) is 12.1 Å².